The first-order valence-electron chi connectivity index (χ1n) is 47.5. The molecule has 6 saturated carbocycles. The Labute approximate surface area is 819 Å². The molecule has 702 valence electrons. The van der Waals surface area contributed by atoms with Crippen molar-refractivity contribution in [3.05, 3.63) is 163 Å². The van der Waals surface area contributed by atoms with Crippen molar-refractivity contribution in [2.24, 2.45) is 178 Å². The van der Waals surface area contributed by atoms with Crippen LogP contribution in [0.2, 0.25) is 0 Å². The maximum absolute atomic E-state index is 5.51. The van der Waals surface area contributed by atoms with Crippen molar-refractivity contribution in [1.29, 1.82) is 0 Å². The van der Waals surface area contributed by atoms with Gasteiger partial charge < -0.3 is 39.2 Å². The van der Waals surface area contributed by atoms with Gasteiger partial charge in [0.2, 0.25) is 0 Å². The summed E-state index contributed by atoms with van der Waals surface area (Å²) >= 11 is -4.94. The Morgan fingerprint density at radius 1 is 0.236 bits per heavy atom. The Hall–Kier alpha value is 1.77. The maximum atomic E-state index is 5.51. The molecular formula is C110H182Cl8O2Zr3. The molecule has 123 heavy (non-hydrogen) atoms. The van der Waals surface area contributed by atoms with Crippen LogP contribution in [0.4, 0.5) is 0 Å². The summed E-state index contributed by atoms with van der Waals surface area (Å²) in [7, 11) is 39.9. The van der Waals surface area contributed by atoms with Gasteiger partial charge in [-0.2, -0.15) is 0 Å². The van der Waals surface area contributed by atoms with Crippen LogP contribution in [0.3, 0.4) is 0 Å². The van der Waals surface area contributed by atoms with Gasteiger partial charge in [-0.3, -0.25) is 0 Å². The molecule has 2 aliphatic heterocycles. The minimum absolute atomic E-state index is 0. The zero-order valence-corrected chi connectivity index (χ0v) is 99.7. The predicted molar refractivity (Wildman–Crippen MR) is 543 cm³/mol. The van der Waals surface area contributed by atoms with Crippen LogP contribution in [-0.4, -0.2) is 25.4 Å². The molecule has 0 aromatic rings. The van der Waals surface area contributed by atoms with Crippen LogP contribution in [0.25, 0.3) is 0 Å². The first kappa shape index (κ1) is 119. The SMILES string of the molecule is C1COC(C2CCCO2)C1.CC1=C(C)C2C(C)C(C)C(CCC3C(C)C(C)C4C(C)=C(C)C(C)=C(C)C34)C2C(C)=C1C.CC1=C(C)C2C(C)C(C)C(CCC3C(C)C(C)C4C(C)=C(C)C(C)=C(C)C34)C2C(C)=C1C.CCC1C(C)C(C)C2C(C)=C(C)C(C)=C(C)C12.CCC1C(C)C(C)C2C(C)=C(C)C(C)=C(C)C12.[CH3-].[CH3-].[CH3-].[CH3-].[Cl][Zr+2][Cl].[Cl][Zr+2][Cl].[Cl][Zr]([Cl])([Cl])[Cl]. The Kier molecular flexibility index (Phi) is 49.0. The fourth-order valence-corrected chi connectivity index (χ4v) is 29.5. The van der Waals surface area contributed by atoms with Crippen LogP contribution in [0, 0.1) is 207 Å². The van der Waals surface area contributed by atoms with Crippen molar-refractivity contribution in [3.63, 3.8) is 0 Å². The monoisotopic (exact) mass is 2080 g/mol. The summed E-state index contributed by atoms with van der Waals surface area (Å²) in [4.78, 5) is 0. The molecule has 0 spiro atoms. The summed E-state index contributed by atoms with van der Waals surface area (Å²) in [6.45, 7) is 94.5. The molecule has 2 saturated heterocycles. The Bertz CT molecular complexity index is 3540. The van der Waals surface area contributed by atoms with Gasteiger partial charge in [0.1, 0.15) is 0 Å². The molecule has 0 aromatic carbocycles. The fourth-order valence-electron chi connectivity index (χ4n) is 29.5. The first-order chi connectivity index (χ1) is 55.4. The molecule has 2 nitrogen and oxygen atoms in total. The molecule has 0 N–H and O–H groups in total. The molecule has 14 rings (SSSR count). The topological polar surface area (TPSA) is 18.5 Å². The average molecular weight is 2090 g/mol. The summed E-state index contributed by atoms with van der Waals surface area (Å²) in [6.07, 6.45) is 14.1. The van der Waals surface area contributed by atoms with Crippen LogP contribution in [0.1, 0.15) is 327 Å². The van der Waals surface area contributed by atoms with Crippen molar-refractivity contribution >= 4 is 68.1 Å². The van der Waals surface area contributed by atoms with Crippen molar-refractivity contribution in [3.8, 4) is 0 Å². The van der Waals surface area contributed by atoms with Gasteiger partial charge in [-0.15, -0.1) is 0 Å². The van der Waals surface area contributed by atoms with Gasteiger partial charge in [-0.25, -0.2) is 0 Å². The number of hydrogen-bond acceptors (Lipinski definition) is 2. The van der Waals surface area contributed by atoms with Gasteiger partial charge in [0.15, 0.2) is 0 Å². The van der Waals surface area contributed by atoms with E-state index in [1.165, 1.54) is 64.2 Å². The Morgan fingerprint density at radius 3 is 0.480 bits per heavy atom. The van der Waals surface area contributed by atoms with Crippen molar-refractivity contribution in [2.75, 3.05) is 13.2 Å². The molecule has 0 bridgehead atoms. The van der Waals surface area contributed by atoms with Crippen LogP contribution < -0.4 is 0 Å². The predicted octanol–water partition coefficient (Wildman–Crippen LogP) is 37.9. The molecule has 8 fully saturated rings. The van der Waals surface area contributed by atoms with E-state index in [0.717, 1.165) is 191 Å². The molecule has 0 amide bonds. The summed E-state index contributed by atoms with van der Waals surface area (Å²) in [5, 5.41) is 0. The zero-order chi connectivity index (χ0) is 90.1. The van der Waals surface area contributed by atoms with Gasteiger partial charge in [0.25, 0.3) is 0 Å². The number of rotatable bonds is 9. The molecule has 0 radical (unpaired) electrons. The van der Waals surface area contributed by atoms with Crippen molar-refractivity contribution in [1.82, 2.24) is 0 Å². The molecule has 13 heteroatoms. The third-order valence-corrected chi connectivity index (χ3v) is 38.9. The van der Waals surface area contributed by atoms with E-state index < -0.39 is 57.2 Å². The Balaban J connectivity index is 0.000000398. The third kappa shape index (κ3) is 24.5. The van der Waals surface area contributed by atoms with Gasteiger partial charge in [-0.05, 0) is 462 Å². The average Bonchev–Trinajstić information content (AvgIpc) is 1.60. The van der Waals surface area contributed by atoms with E-state index in [0.29, 0.717) is 12.2 Å². The molecule has 12 aliphatic carbocycles. The van der Waals surface area contributed by atoms with Gasteiger partial charge in [-0.1, -0.05) is 177 Å². The van der Waals surface area contributed by atoms with Gasteiger partial charge in [0, 0.05) is 13.2 Å². The van der Waals surface area contributed by atoms with Crippen LogP contribution in [-0.2, 0) is 66.7 Å². The molecule has 0 aromatic heterocycles. The molecule has 14 aliphatic rings. The number of hydrogen-bond donors (Lipinski definition) is 0. The molecule has 32 unspecified atom stereocenters. The second-order valence-electron chi connectivity index (χ2n) is 41.9. The second kappa shape index (κ2) is 50.7. The number of ether oxygens (including phenoxy) is 2. The normalized spacial score (nSPS) is 38.8. The molecular weight excluding hydrogens is 1910 g/mol. The van der Waals surface area contributed by atoms with Crippen LogP contribution in [0.15, 0.2) is 134 Å². The number of allylic oxidation sites excluding steroid dienone is 24. The first-order valence-corrected chi connectivity index (χ1v) is 72.8. The second-order valence-corrected chi connectivity index (χ2v) is 71.8. The van der Waals surface area contributed by atoms with E-state index in [1.54, 1.807) is 134 Å². The van der Waals surface area contributed by atoms with E-state index in [4.69, 9.17) is 77.6 Å². The third-order valence-electron chi connectivity index (χ3n) is 38.9. The standard InChI is InChI=1S/2C32H50.2C17H28.C8H14O2.4CH3.8ClH.3Zr/c2*1-15-17(3)23(9)31-27(19(5)25(11)29(31)21(15)7)13-14-28-20(6)26(12)30-22(8)16(2)18(4)24(10)32(28)30;2*1-8-15-11(4)14(7)16-12(5)9(2)10(3)13(6)17(15)16;1-3-7(9-5-1)8-4-2-6-10-8;;;;;;;;;;;;;;;/h2*19-20,25-32H,13-14H2,1-12H3;2*11,14-17H,8H2,1-7H3;7-8H,1-6H2;4*1H3;8*1H;;;/q;;;;;4*-1;;;;;;;;;3*+4/p-8. The van der Waals surface area contributed by atoms with E-state index in [2.05, 4.69) is 263 Å². The van der Waals surface area contributed by atoms with Crippen LogP contribution in [0.5, 0.6) is 0 Å². The summed E-state index contributed by atoms with van der Waals surface area (Å²) < 4.78 is 11.0. The van der Waals surface area contributed by atoms with Crippen molar-refractivity contribution in [2.45, 2.75) is 340 Å². The summed E-state index contributed by atoms with van der Waals surface area (Å²) in [5.74, 6) is 24.7. The minimum atomic E-state index is -3.29. The molecule has 2 heterocycles. The molecule has 32 atom stereocenters. The van der Waals surface area contributed by atoms with E-state index in [9.17, 15) is 0 Å². The van der Waals surface area contributed by atoms with E-state index in [-0.39, 0.29) is 29.7 Å². The summed E-state index contributed by atoms with van der Waals surface area (Å²) in [6, 6.07) is 0. The number of halogens is 8. The van der Waals surface area contributed by atoms with E-state index >= 15 is 0 Å². The number of fused-ring (bicyclic) bond motifs is 6. The van der Waals surface area contributed by atoms with E-state index in [1.807, 2.05) is 0 Å². The van der Waals surface area contributed by atoms with Gasteiger partial charge in [0.05, 0.1) is 12.2 Å². The fraction of sp³-hybridized carbons (Fsp3) is 0.745. The van der Waals surface area contributed by atoms with Gasteiger partial charge >= 0.3 is 125 Å². The quantitative estimate of drug-likeness (QED) is 0.214. The zero-order valence-electron chi connectivity index (χ0n) is 86.3. The Morgan fingerprint density at radius 2 is 0.358 bits per heavy atom. The van der Waals surface area contributed by atoms with Crippen molar-refractivity contribution < 1.29 is 66.7 Å². The summed E-state index contributed by atoms with van der Waals surface area (Å²) in [5.41, 5.74) is 39.3. The van der Waals surface area contributed by atoms with Crippen LogP contribution >= 0.6 is 68.1 Å².